The predicted molar refractivity (Wildman–Crippen MR) is 145 cm³/mol. The van der Waals surface area contributed by atoms with Gasteiger partial charge in [-0.15, -0.1) is 0 Å². The molecular weight excluding hydrogens is 515 g/mol. The quantitative estimate of drug-likeness (QED) is 0.163. The van der Waals surface area contributed by atoms with Gasteiger partial charge in [0.2, 0.25) is 0 Å². The molecule has 0 unspecified atom stereocenters. The van der Waals surface area contributed by atoms with Gasteiger partial charge in [0.25, 0.3) is 0 Å². The molecule has 158 valence electrons. The van der Waals surface area contributed by atoms with Crippen LogP contribution in [0.15, 0.2) is 127 Å². The Kier molecular flexibility index (Phi) is 6.18. The van der Waals surface area contributed by atoms with E-state index in [4.69, 9.17) is 0 Å². The molecule has 2 heteroatoms. The Morgan fingerprint density at radius 2 is 0.909 bits per heavy atom. The number of hydrogen-bond acceptors (Lipinski definition) is 1. The molecule has 5 rings (SSSR count). The van der Waals surface area contributed by atoms with Gasteiger partial charge in [-0.2, -0.15) is 0 Å². The van der Waals surface area contributed by atoms with Crippen molar-refractivity contribution in [3.63, 3.8) is 0 Å². The second kappa shape index (κ2) is 9.55. The summed E-state index contributed by atoms with van der Waals surface area (Å²) < 4.78 is 1.19. The van der Waals surface area contributed by atoms with E-state index in [-0.39, 0.29) is 5.78 Å². The van der Waals surface area contributed by atoms with Crippen molar-refractivity contribution >= 4 is 28.4 Å². The Hall–Kier alpha value is -3.50. The summed E-state index contributed by atoms with van der Waals surface area (Å²) >= 11 is 2.30. The zero-order chi connectivity index (χ0) is 22.6. The first-order valence-electron chi connectivity index (χ1n) is 10.8. The lowest BCUT2D eigenvalue weighted by Crippen LogP contribution is -2.02. The summed E-state index contributed by atoms with van der Waals surface area (Å²) in [4.78, 5) is 13.6. The fourth-order valence-electron chi connectivity index (χ4n) is 4.00. The van der Waals surface area contributed by atoms with Crippen molar-refractivity contribution in [1.82, 2.24) is 0 Å². The van der Waals surface area contributed by atoms with Gasteiger partial charge in [-0.25, -0.2) is 0 Å². The molecule has 0 aromatic heterocycles. The minimum absolute atomic E-state index is 0.0253. The Morgan fingerprint density at radius 1 is 0.424 bits per heavy atom. The molecule has 0 saturated heterocycles. The number of carbonyl (C=O) groups is 1. The average Bonchev–Trinajstić information content (AvgIpc) is 2.89. The standard InChI is InChI=1S/C31H21IO/c32-30-16-14-24(15-17-30)25-12-7-13-26(18-25)31(33)29-20-27(22-8-3-1-4-9-22)19-28(21-29)23-10-5-2-6-11-23/h1-21H. The first kappa shape index (κ1) is 21.4. The number of benzene rings is 5. The summed E-state index contributed by atoms with van der Waals surface area (Å²) in [6, 6.07) is 42.8. The summed E-state index contributed by atoms with van der Waals surface area (Å²) in [6.07, 6.45) is 0. The zero-order valence-corrected chi connectivity index (χ0v) is 20.1. The average molecular weight is 536 g/mol. The van der Waals surface area contributed by atoms with E-state index in [2.05, 4.69) is 83.3 Å². The van der Waals surface area contributed by atoms with Gasteiger partial charge in [0, 0.05) is 14.7 Å². The van der Waals surface area contributed by atoms with Crippen molar-refractivity contribution in [3.05, 3.63) is 142 Å². The number of halogens is 1. The molecule has 0 amide bonds. The maximum Gasteiger partial charge on any atom is 0.193 e. The van der Waals surface area contributed by atoms with E-state index in [0.717, 1.165) is 33.4 Å². The molecule has 0 aliphatic heterocycles. The van der Waals surface area contributed by atoms with Gasteiger partial charge in [-0.05, 0) is 92.4 Å². The summed E-state index contributed by atoms with van der Waals surface area (Å²) in [7, 11) is 0. The Balaban J connectivity index is 1.59. The van der Waals surface area contributed by atoms with Crippen molar-refractivity contribution in [2.45, 2.75) is 0 Å². The second-order valence-corrected chi connectivity index (χ2v) is 9.19. The molecule has 0 atom stereocenters. The zero-order valence-electron chi connectivity index (χ0n) is 17.9. The summed E-state index contributed by atoms with van der Waals surface area (Å²) in [6.45, 7) is 0. The lowest BCUT2D eigenvalue weighted by atomic mass is 9.92. The molecule has 0 N–H and O–H groups in total. The number of carbonyl (C=O) groups excluding carboxylic acids is 1. The van der Waals surface area contributed by atoms with E-state index < -0.39 is 0 Å². The van der Waals surface area contributed by atoms with Gasteiger partial charge in [0.1, 0.15) is 0 Å². The lowest BCUT2D eigenvalue weighted by molar-refractivity contribution is 0.103. The van der Waals surface area contributed by atoms with E-state index in [9.17, 15) is 4.79 Å². The second-order valence-electron chi connectivity index (χ2n) is 7.95. The molecule has 0 saturated carbocycles. The maximum absolute atomic E-state index is 13.6. The van der Waals surface area contributed by atoms with Crippen LogP contribution in [0.25, 0.3) is 33.4 Å². The predicted octanol–water partition coefficient (Wildman–Crippen LogP) is 8.52. The van der Waals surface area contributed by atoms with Crippen LogP contribution >= 0.6 is 22.6 Å². The minimum atomic E-state index is 0.0253. The smallest absolute Gasteiger partial charge is 0.193 e. The molecule has 0 fully saturated rings. The monoisotopic (exact) mass is 536 g/mol. The van der Waals surface area contributed by atoms with Crippen LogP contribution in [0.1, 0.15) is 15.9 Å². The minimum Gasteiger partial charge on any atom is -0.289 e. The van der Waals surface area contributed by atoms with Crippen molar-refractivity contribution < 1.29 is 4.79 Å². The highest BCUT2D eigenvalue weighted by Gasteiger charge is 2.14. The van der Waals surface area contributed by atoms with Gasteiger partial charge in [0.15, 0.2) is 5.78 Å². The van der Waals surface area contributed by atoms with Crippen LogP contribution in [-0.2, 0) is 0 Å². The van der Waals surface area contributed by atoms with E-state index in [1.165, 1.54) is 3.57 Å². The summed E-state index contributed by atoms with van der Waals surface area (Å²) in [5.41, 5.74) is 7.79. The molecule has 1 nitrogen and oxygen atoms in total. The van der Waals surface area contributed by atoms with E-state index in [0.29, 0.717) is 11.1 Å². The van der Waals surface area contributed by atoms with Gasteiger partial charge >= 0.3 is 0 Å². The molecule has 5 aromatic carbocycles. The molecule has 0 bridgehead atoms. The fraction of sp³-hybridized carbons (Fsp3) is 0. The van der Waals surface area contributed by atoms with E-state index in [1.54, 1.807) is 0 Å². The molecule has 0 aliphatic rings. The van der Waals surface area contributed by atoms with Gasteiger partial charge in [-0.3, -0.25) is 4.79 Å². The highest BCUT2D eigenvalue weighted by atomic mass is 127. The molecule has 33 heavy (non-hydrogen) atoms. The van der Waals surface area contributed by atoms with Crippen molar-refractivity contribution in [1.29, 1.82) is 0 Å². The van der Waals surface area contributed by atoms with E-state index >= 15 is 0 Å². The van der Waals surface area contributed by atoms with Crippen LogP contribution in [0.2, 0.25) is 0 Å². The largest absolute Gasteiger partial charge is 0.289 e. The maximum atomic E-state index is 13.6. The van der Waals surface area contributed by atoms with Crippen molar-refractivity contribution in [2.24, 2.45) is 0 Å². The lowest BCUT2D eigenvalue weighted by Gasteiger charge is -2.11. The van der Waals surface area contributed by atoms with Crippen LogP contribution in [0.5, 0.6) is 0 Å². The number of ketones is 1. The van der Waals surface area contributed by atoms with Gasteiger partial charge < -0.3 is 0 Å². The van der Waals surface area contributed by atoms with Crippen LogP contribution < -0.4 is 0 Å². The summed E-state index contributed by atoms with van der Waals surface area (Å²) in [5, 5.41) is 0. The fourth-order valence-corrected chi connectivity index (χ4v) is 4.36. The van der Waals surface area contributed by atoms with Crippen LogP contribution in [0.4, 0.5) is 0 Å². The highest BCUT2D eigenvalue weighted by Crippen LogP contribution is 2.30. The van der Waals surface area contributed by atoms with Crippen LogP contribution in [-0.4, -0.2) is 5.78 Å². The van der Waals surface area contributed by atoms with Gasteiger partial charge in [-0.1, -0.05) is 91.0 Å². The molecule has 0 radical (unpaired) electrons. The summed E-state index contributed by atoms with van der Waals surface area (Å²) in [5.74, 6) is 0.0253. The Morgan fingerprint density at radius 3 is 1.48 bits per heavy atom. The Labute approximate surface area is 207 Å². The SMILES string of the molecule is O=C(c1cccc(-c2ccc(I)cc2)c1)c1cc(-c2ccccc2)cc(-c2ccccc2)c1. The molecule has 0 aliphatic carbocycles. The molecule has 5 aromatic rings. The van der Waals surface area contributed by atoms with Crippen LogP contribution in [0, 0.1) is 3.57 Å². The van der Waals surface area contributed by atoms with Crippen molar-refractivity contribution in [3.8, 4) is 33.4 Å². The van der Waals surface area contributed by atoms with E-state index in [1.807, 2.05) is 66.7 Å². The topological polar surface area (TPSA) is 17.1 Å². The Bertz CT molecular complexity index is 1350. The third kappa shape index (κ3) is 4.81. The molecular formula is C31H21IO. The molecule has 0 heterocycles. The van der Waals surface area contributed by atoms with Gasteiger partial charge in [0.05, 0.1) is 0 Å². The van der Waals surface area contributed by atoms with Crippen molar-refractivity contribution in [2.75, 3.05) is 0 Å². The highest BCUT2D eigenvalue weighted by molar-refractivity contribution is 14.1. The number of hydrogen-bond donors (Lipinski definition) is 0. The van der Waals surface area contributed by atoms with Crippen LogP contribution in [0.3, 0.4) is 0 Å². The normalized spacial score (nSPS) is 10.7. The molecule has 0 spiro atoms. The third-order valence-corrected chi connectivity index (χ3v) is 6.43. The first-order chi connectivity index (χ1) is 16.2. The first-order valence-corrected chi connectivity index (χ1v) is 11.9. The third-order valence-electron chi connectivity index (χ3n) is 5.71. The number of rotatable bonds is 5.